The number of hydrogen-bond donors (Lipinski definition) is 4. The molecule has 0 radical (unpaired) electrons. The summed E-state index contributed by atoms with van der Waals surface area (Å²) in [4.78, 5) is 31.3. The summed E-state index contributed by atoms with van der Waals surface area (Å²) in [6, 6.07) is 21.0. The van der Waals surface area contributed by atoms with E-state index in [4.69, 9.17) is 11.5 Å². The number of aromatic amines is 1. The number of carbonyl (C=O) groups excluding carboxylic acids is 2. The summed E-state index contributed by atoms with van der Waals surface area (Å²) in [7, 11) is 0. The smallest absolute Gasteiger partial charge is 0.255 e. The zero-order chi connectivity index (χ0) is 28.5. The first-order valence-electron chi connectivity index (χ1n) is 13.9. The van der Waals surface area contributed by atoms with Gasteiger partial charge in [-0.3, -0.25) is 14.5 Å². The summed E-state index contributed by atoms with van der Waals surface area (Å²) < 4.78 is 13.4. The molecule has 1 saturated heterocycles. The number of H-pyrrole nitrogens is 1. The van der Waals surface area contributed by atoms with Crippen molar-refractivity contribution < 1.29 is 14.0 Å². The van der Waals surface area contributed by atoms with Crippen LogP contribution in [0.15, 0.2) is 72.8 Å². The Morgan fingerprint density at radius 3 is 2.44 bits per heavy atom. The van der Waals surface area contributed by atoms with Crippen molar-refractivity contribution in [3.8, 4) is 11.1 Å². The maximum Gasteiger partial charge on any atom is 0.255 e. The van der Waals surface area contributed by atoms with Crippen LogP contribution in [0, 0.1) is 5.82 Å². The molecule has 8 heteroatoms. The van der Waals surface area contributed by atoms with Crippen molar-refractivity contribution in [3.05, 3.63) is 101 Å². The van der Waals surface area contributed by atoms with E-state index in [1.165, 1.54) is 49.1 Å². The van der Waals surface area contributed by atoms with Gasteiger partial charge in [0.15, 0.2) is 0 Å². The average Bonchev–Trinajstić information content (AvgIpc) is 3.36. The lowest BCUT2D eigenvalue weighted by molar-refractivity contribution is 0.0998. The predicted molar refractivity (Wildman–Crippen MR) is 161 cm³/mol. The number of nitrogens with two attached hydrogens (primary N) is 2. The Labute approximate surface area is 237 Å². The van der Waals surface area contributed by atoms with E-state index in [0.717, 1.165) is 52.6 Å². The quantitative estimate of drug-likeness (QED) is 0.201. The fourth-order valence-corrected chi connectivity index (χ4v) is 5.94. The Hall–Kier alpha value is -4.53. The number of nitrogens with zero attached hydrogens (tertiary/aromatic N) is 1. The molecule has 1 aliphatic heterocycles. The number of nitrogens with one attached hydrogen (secondary N) is 2. The number of halogens is 1. The number of likely N-dealkylation sites (tertiary alicyclic amines) is 1. The highest BCUT2D eigenvalue weighted by Crippen LogP contribution is 2.39. The van der Waals surface area contributed by atoms with Gasteiger partial charge in [0, 0.05) is 40.6 Å². The number of aromatic nitrogens is 1. The van der Waals surface area contributed by atoms with Gasteiger partial charge < -0.3 is 21.8 Å². The first-order valence-corrected chi connectivity index (χ1v) is 13.9. The van der Waals surface area contributed by atoms with E-state index in [-0.39, 0.29) is 12.5 Å². The van der Waals surface area contributed by atoms with Gasteiger partial charge in [0.05, 0.1) is 11.1 Å². The van der Waals surface area contributed by atoms with Gasteiger partial charge in [-0.25, -0.2) is 4.39 Å². The third-order valence-corrected chi connectivity index (χ3v) is 7.96. The number of rotatable bonds is 7. The van der Waals surface area contributed by atoms with Crippen molar-refractivity contribution in [2.75, 3.05) is 18.4 Å². The second-order valence-corrected chi connectivity index (χ2v) is 10.6. The maximum atomic E-state index is 13.4. The number of fused-ring (bicyclic) bond motifs is 3. The second-order valence-electron chi connectivity index (χ2n) is 10.6. The van der Waals surface area contributed by atoms with E-state index in [0.29, 0.717) is 22.3 Å². The molecule has 0 bridgehead atoms. The van der Waals surface area contributed by atoms with Crippen molar-refractivity contribution >= 4 is 39.3 Å². The first-order chi connectivity index (χ1) is 19.9. The molecule has 0 atom stereocenters. The third kappa shape index (κ3) is 5.19. The van der Waals surface area contributed by atoms with Crippen LogP contribution in [0.5, 0.6) is 0 Å². The predicted octanol–water partition coefficient (Wildman–Crippen LogP) is 5.92. The Balaban J connectivity index is 1.45. The van der Waals surface area contributed by atoms with Crippen LogP contribution in [-0.2, 0) is 13.1 Å². The largest absolute Gasteiger partial charge is 0.366 e. The summed E-state index contributed by atoms with van der Waals surface area (Å²) in [5.74, 6) is -1.28. The van der Waals surface area contributed by atoms with Gasteiger partial charge in [-0.2, -0.15) is 0 Å². The molecular formula is C33H32FN5O2. The molecule has 41 heavy (non-hydrogen) atoms. The molecule has 1 aromatic heterocycles. The highest BCUT2D eigenvalue weighted by molar-refractivity contribution is 6.20. The lowest BCUT2D eigenvalue weighted by Crippen LogP contribution is -2.29. The lowest BCUT2D eigenvalue weighted by Gasteiger charge is -2.26. The average molecular weight is 550 g/mol. The van der Waals surface area contributed by atoms with Crippen molar-refractivity contribution in [2.24, 2.45) is 11.5 Å². The fourth-order valence-electron chi connectivity index (χ4n) is 5.94. The van der Waals surface area contributed by atoms with Crippen LogP contribution in [0.25, 0.3) is 32.9 Å². The molecule has 6 rings (SSSR count). The van der Waals surface area contributed by atoms with Crippen LogP contribution in [0.3, 0.4) is 0 Å². The Morgan fingerprint density at radius 1 is 0.927 bits per heavy atom. The van der Waals surface area contributed by atoms with Gasteiger partial charge in [-0.1, -0.05) is 36.8 Å². The highest BCUT2D eigenvalue weighted by Gasteiger charge is 2.20. The van der Waals surface area contributed by atoms with E-state index < -0.39 is 11.7 Å². The number of anilines is 1. The number of piperidine rings is 1. The molecule has 7 nitrogen and oxygen atoms in total. The topological polar surface area (TPSA) is 117 Å². The monoisotopic (exact) mass is 549 g/mol. The summed E-state index contributed by atoms with van der Waals surface area (Å²) >= 11 is 0. The molecule has 0 spiro atoms. The highest BCUT2D eigenvalue weighted by atomic mass is 19.1. The molecule has 0 saturated carbocycles. The standard InChI is InChI=1S/C33H32FN5O2/c34-22-10-8-21(9-11-22)33(41)38-28-6-4-5-23(27(28)18-35)24-13-14-26(32(36)40)31-30(24)25-12-7-20(17-29(25)37-31)19-39-15-2-1-3-16-39/h4-14,17,37H,1-3,15-16,18-19,35H2,(H2,36,40)(H,38,41). The van der Waals surface area contributed by atoms with Crippen molar-refractivity contribution in [2.45, 2.75) is 32.4 Å². The van der Waals surface area contributed by atoms with Crippen LogP contribution in [-0.4, -0.2) is 34.8 Å². The van der Waals surface area contributed by atoms with E-state index >= 15 is 0 Å². The summed E-state index contributed by atoms with van der Waals surface area (Å²) in [5, 5.41) is 4.78. The van der Waals surface area contributed by atoms with Crippen LogP contribution in [0.2, 0.25) is 0 Å². The van der Waals surface area contributed by atoms with Crippen LogP contribution >= 0.6 is 0 Å². The van der Waals surface area contributed by atoms with Crippen molar-refractivity contribution in [1.82, 2.24) is 9.88 Å². The van der Waals surface area contributed by atoms with E-state index in [2.05, 4.69) is 33.4 Å². The van der Waals surface area contributed by atoms with Crippen molar-refractivity contribution in [1.29, 1.82) is 0 Å². The molecule has 2 amide bonds. The summed E-state index contributed by atoms with van der Waals surface area (Å²) in [6.45, 7) is 3.26. The van der Waals surface area contributed by atoms with E-state index in [9.17, 15) is 14.0 Å². The molecule has 2 heterocycles. The van der Waals surface area contributed by atoms with Crippen LogP contribution < -0.4 is 16.8 Å². The molecule has 0 unspecified atom stereocenters. The normalized spacial score (nSPS) is 14.0. The zero-order valence-electron chi connectivity index (χ0n) is 22.7. The van der Waals surface area contributed by atoms with Gasteiger partial charge in [-0.15, -0.1) is 0 Å². The molecular weight excluding hydrogens is 517 g/mol. The first kappa shape index (κ1) is 26.7. The third-order valence-electron chi connectivity index (χ3n) is 7.96. The Bertz CT molecular complexity index is 1770. The molecule has 1 fully saturated rings. The van der Waals surface area contributed by atoms with Gasteiger partial charge >= 0.3 is 0 Å². The minimum Gasteiger partial charge on any atom is -0.366 e. The second kappa shape index (κ2) is 11.2. The SMILES string of the molecule is NCc1c(NC(=O)c2ccc(F)cc2)cccc1-c1ccc(C(N)=O)c2[nH]c3cc(CN4CCCCC4)ccc3c12. The number of hydrogen-bond acceptors (Lipinski definition) is 4. The minimum absolute atomic E-state index is 0.163. The van der Waals surface area contributed by atoms with Crippen molar-refractivity contribution in [3.63, 3.8) is 0 Å². The van der Waals surface area contributed by atoms with Crippen LogP contribution in [0.1, 0.15) is 51.1 Å². The van der Waals surface area contributed by atoms with E-state index in [1.54, 1.807) is 12.1 Å². The Morgan fingerprint density at radius 2 is 1.71 bits per heavy atom. The van der Waals surface area contributed by atoms with Gasteiger partial charge in [0.2, 0.25) is 0 Å². The number of primary amides is 1. The number of benzene rings is 4. The molecule has 4 aromatic carbocycles. The van der Waals surface area contributed by atoms with Gasteiger partial charge in [0.25, 0.3) is 11.8 Å². The summed E-state index contributed by atoms with van der Waals surface area (Å²) in [5.41, 5.74) is 18.6. The minimum atomic E-state index is -0.513. The summed E-state index contributed by atoms with van der Waals surface area (Å²) in [6.07, 6.45) is 3.75. The number of amides is 2. The maximum absolute atomic E-state index is 13.4. The lowest BCUT2D eigenvalue weighted by atomic mass is 9.92. The zero-order valence-corrected chi connectivity index (χ0v) is 22.7. The molecule has 0 aliphatic carbocycles. The fraction of sp³-hybridized carbons (Fsp3) is 0.212. The molecule has 1 aliphatic rings. The number of carbonyl (C=O) groups is 2. The van der Waals surface area contributed by atoms with Gasteiger partial charge in [0.1, 0.15) is 5.82 Å². The molecule has 208 valence electrons. The molecule has 5 aromatic rings. The Kier molecular flexibility index (Phi) is 7.26. The molecule has 6 N–H and O–H groups in total. The van der Waals surface area contributed by atoms with Gasteiger partial charge in [-0.05, 0) is 90.6 Å². The van der Waals surface area contributed by atoms with E-state index in [1.807, 2.05) is 18.2 Å². The van der Waals surface area contributed by atoms with Crippen LogP contribution in [0.4, 0.5) is 10.1 Å².